The number of nitrogens with one attached hydrogen (secondary N) is 1. The number of hydrogen-bond donors (Lipinski definition) is 1. The fourth-order valence-corrected chi connectivity index (χ4v) is 3.00. The first-order chi connectivity index (χ1) is 11.1. The molecule has 124 valence electrons. The van der Waals surface area contributed by atoms with E-state index in [4.69, 9.17) is 9.15 Å². The second kappa shape index (κ2) is 6.54. The number of furan rings is 1. The molecule has 2 atom stereocenters. The van der Waals surface area contributed by atoms with Crippen LogP contribution >= 0.6 is 0 Å². The average Bonchev–Trinajstić information content (AvgIpc) is 3.25. The van der Waals surface area contributed by atoms with Gasteiger partial charge in [-0.3, -0.25) is 9.89 Å². The summed E-state index contributed by atoms with van der Waals surface area (Å²) in [6.45, 7) is 5.06. The molecule has 0 aliphatic carbocycles. The molecular weight excluding hydrogens is 296 g/mol. The predicted octanol–water partition coefficient (Wildman–Crippen LogP) is 1.91. The number of carbonyl (C=O) groups excluding carboxylic acids is 1. The highest BCUT2D eigenvalue weighted by Crippen LogP contribution is 2.29. The van der Waals surface area contributed by atoms with Crippen molar-refractivity contribution in [3.8, 4) is 0 Å². The molecule has 1 amide bonds. The van der Waals surface area contributed by atoms with E-state index in [0.29, 0.717) is 18.9 Å². The molecule has 0 aromatic carbocycles. The summed E-state index contributed by atoms with van der Waals surface area (Å²) in [5.41, 5.74) is 0.873. The van der Waals surface area contributed by atoms with E-state index < -0.39 is 0 Å². The standard InChI is InChI=1S/C16H22N4O3/c1-4-11-7-10(2)14(23-11)16(21)20(3)8-13-12(5-6-22-13)15-17-9-18-19-15/h7,9,12-13H,4-6,8H2,1-3H3,(H,17,18,19)/t12-,13-/m1/s1. The Kier molecular flexibility index (Phi) is 4.47. The molecule has 1 aliphatic rings. The van der Waals surface area contributed by atoms with Gasteiger partial charge in [-0.2, -0.15) is 5.10 Å². The highest BCUT2D eigenvalue weighted by molar-refractivity contribution is 5.92. The van der Waals surface area contributed by atoms with Crippen LogP contribution in [0, 0.1) is 6.92 Å². The van der Waals surface area contributed by atoms with Crippen molar-refractivity contribution in [2.75, 3.05) is 20.2 Å². The zero-order valence-corrected chi connectivity index (χ0v) is 13.7. The van der Waals surface area contributed by atoms with Crippen molar-refractivity contribution in [1.82, 2.24) is 20.1 Å². The first-order valence-corrected chi connectivity index (χ1v) is 7.91. The lowest BCUT2D eigenvalue weighted by atomic mass is 10.0. The van der Waals surface area contributed by atoms with Crippen molar-refractivity contribution in [1.29, 1.82) is 0 Å². The molecule has 1 aliphatic heterocycles. The van der Waals surface area contributed by atoms with Crippen LogP contribution in [0.2, 0.25) is 0 Å². The Hall–Kier alpha value is -2.15. The van der Waals surface area contributed by atoms with Gasteiger partial charge in [0.2, 0.25) is 0 Å². The van der Waals surface area contributed by atoms with E-state index in [9.17, 15) is 4.79 Å². The fourth-order valence-electron chi connectivity index (χ4n) is 3.00. The molecule has 7 nitrogen and oxygen atoms in total. The highest BCUT2D eigenvalue weighted by atomic mass is 16.5. The van der Waals surface area contributed by atoms with Gasteiger partial charge in [0.25, 0.3) is 5.91 Å². The Morgan fingerprint density at radius 2 is 2.35 bits per heavy atom. The molecular formula is C16H22N4O3. The third-order valence-corrected chi connectivity index (χ3v) is 4.31. The van der Waals surface area contributed by atoms with Gasteiger partial charge in [0.15, 0.2) is 5.76 Å². The maximum absolute atomic E-state index is 12.6. The Bertz CT molecular complexity index is 665. The smallest absolute Gasteiger partial charge is 0.289 e. The van der Waals surface area contributed by atoms with Crippen LogP contribution < -0.4 is 0 Å². The van der Waals surface area contributed by atoms with Gasteiger partial charge in [0.1, 0.15) is 17.9 Å². The molecule has 0 bridgehead atoms. The van der Waals surface area contributed by atoms with Gasteiger partial charge in [-0.1, -0.05) is 6.92 Å². The Morgan fingerprint density at radius 1 is 1.52 bits per heavy atom. The molecule has 0 radical (unpaired) electrons. The molecule has 23 heavy (non-hydrogen) atoms. The van der Waals surface area contributed by atoms with Gasteiger partial charge in [-0.05, 0) is 19.4 Å². The number of aromatic nitrogens is 3. The van der Waals surface area contributed by atoms with Crippen LogP contribution in [0.15, 0.2) is 16.8 Å². The van der Waals surface area contributed by atoms with Gasteiger partial charge in [0.05, 0.1) is 6.10 Å². The number of nitrogens with zero attached hydrogens (tertiary/aromatic N) is 3. The molecule has 0 unspecified atom stereocenters. The Labute approximate surface area is 135 Å². The molecule has 3 rings (SSSR count). The molecule has 2 aromatic heterocycles. The normalized spacial score (nSPS) is 20.8. The third-order valence-electron chi connectivity index (χ3n) is 4.31. The first kappa shape index (κ1) is 15.7. The zero-order chi connectivity index (χ0) is 16.4. The minimum absolute atomic E-state index is 0.0854. The van der Waals surface area contributed by atoms with Crippen molar-refractivity contribution in [3.63, 3.8) is 0 Å². The molecule has 3 heterocycles. The Balaban J connectivity index is 1.69. The summed E-state index contributed by atoms with van der Waals surface area (Å²) in [7, 11) is 1.77. The van der Waals surface area contributed by atoms with Gasteiger partial charge in [-0.15, -0.1) is 0 Å². The maximum atomic E-state index is 12.6. The van der Waals surface area contributed by atoms with Crippen molar-refractivity contribution in [2.45, 2.75) is 38.7 Å². The lowest BCUT2D eigenvalue weighted by Gasteiger charge is -2.23. The number of amides is 1. The van der Waals surface area contributed by atoms with E-state index >= 15 is 0 Å². The summed E-state index contributed by atoms with van der Waals surface area (Å²) in [5, 5.41) is 6.80. The van der Waals surface area contributed by atoms with E-state index in [1.165, 1.54) is 6.33 Å². The van der Waals surface area contributed by atoms with Crippen molar-refractivity contribution >= 4 is 5.91 Å². The minimum atomic E-state index is -0.117. The van der Waals surface area contributed by atoms with Crippen LogP contribution in [0.25, 0.3) is 0 Å². The molecule has 1 fully saturated rings. The second-order valence-electron chi connectivity index (χ2n) is 5.94. The first-order valence-electron chi connectivity index (χ1n) is 7.91. The van der Waals surface area contributed by atoms with Crippen molar-refractivity contribution in [3.05, 3.63) is 35.3 Å². The summed E-state index contributed by atoms with van der Waals surface area (Å²) in [5.74, 6) is 2.08. The van der Waals surface area contributed by atoms with Crippen LogP contribution in [0.4, 0.5) is 0 Å². The van der Waals surface area contributed by atoms with E-state index in [1.807, 2.05) is 19.9 Å². The van der Waals surface area contributed by atoms with Crippen LogP contribution in [0.5, 0.6) is 0 Å². The molecule has 2 aromatic rings. The number of hydrogen-bond acceptors (Lipinski definition) is 5. The number of aryl methyl sites for hydroxylation is 2. The van der Waals surface area contributed by atoms with Gasteiger partial charge in [0, 0.05) is 38.1 Å². The number of likely N-dealkylation sites (N-methyl/N-ethyl adjacent to an activating group) is 1. The maximum Gasteiger partial charge on any atom is 0.289 e. The van der Waals surface area contributed by atoms with E-state index in [2.05, 4.69) is 15.2 Å². The summed E-state index contributed by atoms with van der Waals surface area (Å²) < 4.78 is 11.4. The summed E-state index contributed by atoms with van der Waals surface area (Å²) in [6, 6.07) is 1.92. The number of ether oxygens (including phenoxy) is 1. The molecule has 0 spiro atoms. The largest absolute Gasteiger partial charge is 0.456 e. The molecule has 0 saturated carbocycles. The summed E-state index contributed by atoms with van der Waals surface area (Å²) in [6.07, 6.45) is 3.06. The van der Waals surface area contributed by atoms with Crippen LogP contribution in [-0.2, 0) is 11.2 Å². The number of H-pyrrole nitrogens is 1. The summed E-state index contributed by atoms with van der Waals surface area (Å²) >= 11 is 0. The van der Waals surface area contributed by atoms with E-state index in [-0.39, 0.29) is 17.9 Å². The number of carbonyl (C=O) groups is 1. The lowest BCUT2D eigenvalue weighted by Crippen LogP contribution is -2.36. The monoisotopic (exact) mass is 318 g/mol. The number of aromatic amines is 1. The molecule has 7 heteroatoms. The summed E-state index contributed by atoms with van der Waals surface area (Å²) in [4.78, 5) is 18.5. The van der Waals surface area contributed by atoms with Gasteiger partial charge < -0.3 is 14.1 Å². The van der Waals surface area contributed by atoms with E-state index in [1.54, 1.807) is 11.9 Å². The average molecular weight is 318 g/mol. The highest BCUT2D eigenvalue weighted by Gasteiger charge is 2.34. The van der Waals surface area contributed by atoms with Crippen LogP contribution in [0.3, 0.4) is 0 Å². The van der Waals surface area contributed by atoms with Crippen LogP contribution in [-0.4, -0.2) is 52.3 Å². The quantitative estimate of drug-likeness (QED) is 0.910. The van der Waals surface area contributed by atoms with Crippen molar-refractivity contribution in [2.24, 2.45) is 0 Å². The third kappa shape index (κ3) is 3.14. The fraction of sp³-hybridized carbons (Fsp3) is 0.562. The SMILES string of the molecule is CCc1cc(C)c(C(=O)N(C)C[C@H]2OCC[C@H]2c2ncn[nH]2)o1. The van der Waals surface area contributed by atoms with E-state index in [0.717, 1.165) is 30.0 Å². The van der Waals surface area contributed by atoms with Crippen LogP contribution in [0.1, 0.15) is 47.0 Å². The second-order valence-corrected chi connectivity index (χ2v) is 5.94. The number of rotatable bonds is 5. The predicted molar refractivity (Wildman–Crippen MR) is 83.3 cm³/mol. The molecule has 1 N–H and O–H groups in total. The topological polar surface area (TPSA) is 84.3 Å². The zero-order valence-electron chi connectivity index (χ0n) is 13.7. The minimum Gasteiger partial charge on any atom is -0.456 e. The lowest BCUT2D eigenvalue weighted by molar-refractivity contribution is 0.0527. The van der Waals surface area contributed by atoms with Gasteiger partial charge >= 0.3 is 0 Å². The van der Waals surface area contributed by atoms with Gasteiger partial charge in [-0.25, -0.2) is 4.98 Å². The molecule has 1 saturated heterocycles. The Morgan fingerprint density at radius 3 is 3.00 bits per heavy atom. The van der Waals surface area contributed by atoms with Crippen molar-refractivity contribution < 1.29 is 13.9 Å².